The normalized spacial score (nSPS) is 18.5. The quantitative estimate of drug-likeness (QED) is 0.891. The van der Waals surface area contributed by atoms with Gasteiger partial charge in [-0.25, -0.2) is 9.78 Å². The largest absolute Gasteiger partial charge is 0.494 e. The fourth-order valence-electron chi connectivity index (χ4n) is 2.67. The van der Waals surface area contributed by atoms with Crippen molar-refractivity contribution in [2.45, 2.75) is 25.9 Å². The van der Waals surface area contributed by atoms with Gasteiger partial charge >= 0.3 is 6.03 Å². The predicted octanol–water partition coefficient (Wildman–Crippen LogP) is 2.60. The summed E-state index contributed by atoms with van der Waals surface area (Å²) in [5, 5.41) is 13.5. The van der Waals surface area contributed by atoms with Gasteiger partial charge in [0.1, 0.15) is 5.75 Å². The van der Waals surface area contributed by atoms with Crippen molar-refractivity contribution < 1.29 is 14.6 Å². The number of likely N-dealkylation sites (tertiary alicyclic amines) is 1. The van der Waals surface area contributed by atoms with Gasteiger partial charge in [0, 0.05) is 19.2 Å². The molecule has 6 nitrogen and oxygen atoms in total. The van der Waals surface area contributed by atoms with Gasteiger partial charge in [-0.3, -0.25) is 0 Å². The SMILES string of the molecule is COc1cc2nc(C)sc2cc1NC(=O)N1CCCC(O)C1. The number of fused-ring (bicyclic) bond motifs is 1. The molecule has 0 saturated carbocycles. The van der Waals surface area contributed by atoms with Crippen LogP contribution in [0.4, 0.5) is 10.5 Å². The minimum Gasteiger partial charge on any atom is -0.494 e. The van der Waals surface area contributed by atoms with Crippen molar-refractivity contribution in [1.82, 2.24) is 9.88 Å². The number of aromatic nitrogens is 1. The molecule has 1 aliphatic rings. The van der Waals surface area contributed by atoms with Crippen LogP contribution >= 0.6 is 11.3 Å². The zero-order valence-electron chi connectivity index (χ0n) is 12.6. The van der Waals surface area contributed by atoms with Gasteiger partial charge in [-0.2, -0.15) is 0 Å². The summed E-state index contributed by atoms with van der Waals surface area (Å²) in [5.74, 6) is 0.587. The molecule has 7 heteroatoms. The van der Waals surface area contributed by atoms with Crippen LogP contribution in [0.5, 0.6) is 5.75 Å². The number of β-amino-alcohol motifs (C(OH)–C–C–N with tert-alkyl or cyclic N) is 1. The highest BCUT2D eigenvalue weighted by Crippen LogP contribution is 2.33. The van der Waals surface area contributed by atoms with Crippen LogP contribution in [-0.4, -0.2) is 47.3 Å². The number of aliphatic hydroxyl groups excluding tert-OH is 1. The molecule has 1 aromatic carbocycles. The van der Waals surface area contributed by atoms with Crippen LogP contribution in [0.1, 0.15) is 17.8 Å². The van der Waals surface area contributed by atoms with Crippen LogP contribution in [-0.2, 0) is 0 Å². The number of aliphatic hydroxyl groups is 1. The minimum absolute atomic E-state index is 0.211. The summed E-state index contributed by atoms with van der Waals surface area (Å²) in [6.07, 6.45) is 1.13. The van der Waals surface area contributed by atoms with Gasteiger partial charge < -0.3 is 20.1 Å². The standard InChI is InChI=1S/C15H19N3O3S/c1-9-16-12-6-13(21-2)11(7-14(12)22-9)17-15(20)18-5-3-4-10(19)8-18/h6-7,10,19H,3-5,8H2,1-2H3,(H,17,20). The molecule has 3 rings (SSSR count). The van der Waals surface area contributed by atoms with Crippen LogP contribution < -0.4 is 10.1 Å². The van der Waals surface area contributed by atoms with Gasteiger partial charge in [-0.05, 0) is 25.8 Å². The van der Waals surface area contributed by atoms with Crippen molar-refractivity contribution >= 4 is 33.3 Å². The van der Waals surface area contributed by atoms with E-state index in [4.69, 9.17) is 4.74 Å². The summed E-state index contributed by atoms with van der Waals surface area (Å²) < 4.78 is 6.36. The molecule has 22 heavy (non-hydrogen) atoms. The number of aryl methyl sites for hydroxylation is 1. The Balaban J connectivity index is 1.84. The Morgan fingerprint density at radius 1 is 1.55 bits per heavy atom. The predicted molar refractivity (Wildman–Crippen MR) is 86.7 cm³/mol. The Morgan fingerprint density at radius 3 is 3.09 bits per heavy atom. The number of carbonyl (C=O) groups is 1. The molecule has 1 atom stereocenters. The van der Waals surface area contributed by atoms with Crippen LogP contribution in [0, 0.1) is 6.92 Å². The van der Waals surface area contributed by atoms with E-state index in [1.807, 2.05) is 19.1 Å². The number of nitrogens with zero attached hydrogens (tertiary/aromatic N) is 2. The highest BCUT2D eigenvalue weighted by Gasteiger charge is 2.23. The first kappa shape index (κ1) is 15.1. The number of nitrogens with one attached hydrogen (secondary N) is 1. The Hall–Kier alpha value is -1.86. The minimum atomic E-state index is -0.437. The third kappa shape index (κ3) is 3.00. The smallest absolute Gasteiger partial charge is 0.322 e. The number of thiazole rings is 1. The number of carbonyl (C=O) groups excluding carboxylic acids is 1. The van der Waals surface area contributed by atoms with E-state index in [0.717, 1.165) is 28.1 Å². The van der Waals surface area contributed by atoms with Crippen LogP contribution in [0.3, 0.4) is 0 Å². The first-order valence-electron chi connectivity index (χ1n) is 7.26. The van der Waals surface area contributed by atoms with Gasteiger partial charge in [0.2, 0.25) is 0 Å². The van der Waals surface area contributed by atoms with Crippen molar-refractivity contribution in [3.8, 4) is 5.75 Å². The highest BCUT2D eigenvalue weighted by atomic mass is 32.1. The van der Waals surface area contributed by atoms with Gasteiger partial charge in [0.15, 0.2) is 0 Å². The highest BCUT2D eigenvalue weighted by molar-refractivity contribution is 7.18. The number of hydrogen-bond donors (Lipinski definition) is 2. The Labute approximate surface area is 132 Å². The van der Waals surface area contributed by atoms with E-state index in [0.29, 0.717) is 24.5 Å². The monoisotopic (exact) mass is 321 g/mol. The van der Waals surface area contributed by atoms with Gasteiger partial charge in [0.25, 0.3) is 0 Å². The number of benzene rings is 1. The van der Waals surface area contributed by atoms with E-state index in [1.165, 1.54) is 0 Å². The Bertz CT molecular complexity index is 701. The maximum Gasteiger partial charge on any atom is 0.322 e. The zero-order valence-corrected chi connectivity index (χ0v) is 13.4. The maximum atomic E-state index is 12.4. The van der Waals surface area contributed by atoms with Crippen molar-refractivity contribution in [2.75, 3.05) is 25.5 Å². The van der Waals surface area contributed by atoms with E-state index >= 15 is 0 Å². The molecule has 0 aliphatic carbocycles. The third-order valence-corrected chi connectivity index (χ3v) is 4.68. The van der Waals surface area contributed by atoms with Gasteiger partial charge in [-0.15, -0.1) is 11.3 Å². The molecule has 1 saturated heterocycles. The molecule has 0 radical (unpaired) electrons. The number of methoxy groups -OCH3 is 1. The van der Waals surface area contributed by atoms with E-state index in [9.17, 15) is 9.90 Å². The molecule has 118 valence electrons. The van der Waals surface area contributed by atoms with Crippen LogP contribution in [0.25, 0.3) is 10.2 Å². The Morgan fingerprint density at radius 2 is 2.36 bits per heavy atom. The molecule has 2 aromatic rings. The first-order chi connectivity index (χ1) is 10.6. The molecule has 0 spiro atoms. The summed E-state index contributed by atoms with van der Waals surface area (Å²) in [7, 11) is 1.57. The van der Waals surface area contributed by atoms with Gasteiger partial charge in [-0.1, -0.05) is 0 Å². The fourth-order valence-corrected chi connectivity index (χ4v) is 3.52. The first-order valence-corrected chi connectivity index (χ1v) is 8.07. The van der Waals surface area contributed by atoms with Crippen LogP contribution in [0.2, 0.25) is 0 Å². The summed E-state index contributed by atoms with van der Waals surface area (Å²) in [4.78, 5) is 18.4. The molecule has 2 heterocycles. The molecule has 1 fully saturated rings. The lowest BCUT2D eigenvalue weighted by molar-refractivity contribution is 0.0883. The van der Waals surface area contributed by atoms with Crippen molar-refractivity contribution in [3.63, 3.8) is 0 Å². The average Bonchev–Trinajstić information content (AvgIpc) is 2.85. The molecule has 2 amide bonds. The summed E-state index contributed by atoms with van der Waals surface area (Å²) in [6.45, 7) is 2.98. The summed E-state index contributed by atoms with van der Waals surface area (Å²) >= 11 is 1.58. The second-order valence-corrected chi connectivity index (χ2v) is 6.66. The molecule has 0 bridgehead atoms. The van der Waals surface area contributed by atoms with Crippen LogP contribution in [0.15, 0.2) is 12.1 Å². The van der Waals surface area contributed by atoms with E-state index in [1.54, 1.807) is 23.3 Å². The molecule has 1 unspecified atom stereocenters. The second-order valence-electron chi connectivity index (χ2n) is 5.43. The third-order valence-electron chi connectivity index (χ3n) is 3.74. The summed E-state index contributed by atoms with van der Waals surface area (Å²) in [5.41, 5.74) is 1.49. The molecule has 1 aliphatic heterocycles. The number of anilines is 1. The van der Waals surface area contributed by atoms with Crippen molar-refractivity contribution in [3.05, 3.63) is 17.1 Å². The van der Waals surface area contributed by atoms with E-state index in [2.05, 4.69) is 10.3 Å². The van der Waals surface area contributed by atoms with E-state index < -0.39 is 6.10 Å². The number of hydrogen-bond acceptors (Lipinski definition) is 5. The zero-order chi connectivity index (χ0) is 15.7. The topological polar surface area (TPSA) is 74.7 Å². The van der Waals surface area contributed by atoms with E-state index in [-0.39, 0.29) is 6.03 Å². The van der Waals surface area contributed by atoms with Crippen molar-refractivity contribution in [1.29, 1.82) is 0 Å². The number of ether oxygens (including phenoxy) is 1. The number of amides is 2. The number of rotatable bonds is 2. The number of urea groups is 1. The molecular weight excluding hydrogens is 302 g/mol. The average molecular weight is 321 g/mol. The Kier molecular flexibility index (Phi) is 4.17. The molecule has 2 N–H and O–H groups in total. The fraction of sp³-hybridized carbons (Fsp3) is 0.467. The maximum absolute atomic E-state index is 12.4. The summed E-state index contributed by atoms with van der Waals surface area (Å²) in [6, 6.07) is 3.51. The van der Waals surface area contributed by atoms with Crippen molar-refractivity contribution in [2.24, 2.45) is 0 Å². The molecular formula is C15H19N3O3S. The second kappa shape index (κ2) is 6.10. The van der Waals surface area contributed by atoms with Gasteiger partial charge in [0.05, 0.1) is 34.1 Å². The molecule has 1 aromatic heterocycles. The lowest BCUT2D eigenvalue weighted by atomic mass is 10.1. The lowest BCUT2D eigenvalue weighted by Crippen LogP contribution is -2.44. The number of piperidine rings is 1. The lowest BCUT2D eigenvalue weighted by Gasteiger charge is -2.30.